The first-order chi connectivity index (χ1) is 9.20. The zero-order valence-electron chi connectivity index (χ0n) is 11.2. The van der Waals surface area contributed by atoms with Gasteiger partial charge in [-0.2, -0.15) is 0 Å². The fourth-order valence-corrected chi connectivity index (χ4v) is 3.65. The summed E-state index contributed by atoms with van der Waals surface area (Å²) in [5.74, 6) is 0.852. The smallest absolute Gasteiger partial charge is 0.135 e. The van der Waals surface area contributed by atoms with Crippen molar-refractivity contribution in [2.45, 2.75) is 19.3 Å². The van der Waals surface area contributed by atoms with Crippen LogP contribution in [0.1, 0.15) is 19.3 Å². The number of halogens is 2. The SMILES string of the molecule is COc1cc(NCCCN2CCCC2)c(Br)cc1Br. The predicted molar refractivity (Wildman–Crippen MR) is 87.2 cm³/mol. The molecule has 1 fully saturated rings. The number of nitrogens with one attached hydrogen (secondary N) is 1. The van der Waals surface area contributed by atoms with Crippen molar-refractivity contribution in [3.63, 3.8) is 0 Å². The second-order valence-electron chi connectivity index (χ2n) is 4.80. The van der Waals surface area contributed by atoms with Gasteiger partial charge < -0.3 is 15.0 Å². The van der Waals surface area contributed by atoms with Crippen LogP contribution in [0.15, 0.2) is 21.1 Å². The van der Waals surface area contributed by atoms with Crippen molar-refractivity contribution in [3.05, 3.63) is 21.1 Å². The molecule has 0 aliphatic carbocycles. The Bertz CT molecular complexity index is 420. The standard InChI is InChI=1S/C14H20Br2N2O/c1-19-14-10-13(11(15)9-12(14)16)17-5-4-8-18-6-2-3-7-18/h9-10,17H,2-8H2,1H3. The van der Waals surface area contributed by atoms with Gasteiger partial charge in [0.1, 0.15) is 5.75 Å². The second-order valence-corrected chi connectivity index (χ2v) is 6.50. The van der Waals surface area contributed by atoms with E-state index in [1.54, 1.807) is 7.11 Å². The molecule has 0 bridgehead atoms. The maximum atomic E-state index is 5.31. The number of ether oxygens (including phenoxy) is 1. The van der Waals surface area contributed by atoms with Gasteiger partial charge in [-0.25, -0.2) is 0 Å². The summed E-state index contributed by atoms with van der Waals surface area (Å²) in [4.78, 5) is 2.54. The highest BCUT2D eigenvalue weighted by molar-refractivity contribution is 9.11. The van der Waals surface area contributed by atoms with Crippen LogP contribution in [0.5, 0.6) is 5.75 Å². The highest BCUT2D eigenvalue weighted by atomic mass is 79.9. The number of likely N-dealkylation sites (tertiary alicyclic amines) is 1. The van der Waals surface area contributed by atoms with Gasteiger partial charge in [-0.15, -0.1) is 0 Å². The van der Waals surface area contributed by atoms with Crippen molar-refractivity contribution in [1.82, 2.24) is 4.90 Å². The van der Waals surface area contributed by atoms with Gasteiger partial charge >= 0.3 is 0 Å². The van der Waals surface area contributed by atoms with E-state index in [0.717, 1.165) is 26.9 Å². The lowest BCUT2D eigenvalue weighted by Crippen LogP contribution is -2.22. The number of benzene rings is 1. The third kappa shape index (κ3) is 4.36. The fourth-order valence-electron chi connectivity index (χ4n) is 2.35. The molecular weight excluding hydrogens is 372 g/mol. The minimum Gasteiger partial charge on any atom is -0.495 e. The first kappa shape index (κ1) is 15.1. The number of hydrogen-bond donors (Lipinski definition) is 1. The van der Waals surface area contributed by atoms with Crippen LogP contribution in [0.4, 0.5) is 5.69 Å². The molecule has 3 nitrogen and oxygen atoms in total. The van der Waals surface area contributed by atoms with E-state index in [1.807, 2.05) is 12.1 Å². The Labute approximate surface area is 132 Å². The van der Waals surface area contributed by atoms with E-state index in [0.29, 0.717) is 0 Å². The van der Waals surface area contributed by atoms with Crippen LogP contribution in [-0.2, 0) is 0 Å². The van der Waals surface area contributed by atoms with E-state index >= 15 is 0 Å². The van der Waals surface area contributed by atoms with E-state index in [1.165, 1.54) is 38.9 Å². The van der Waals surface area contributed by atoms with Crippen molar-refractivity contribution in [2.24, 2.45) is 0 Å². The van der Waals surface area contributed by atoms with E-state index < -0.39 is 0 Å². The number of nitrogens with zero attached hydrogens (tertiary/aromatic N) is 1. The minimum atomic E-state index is 0.852. The maximum absolute atomic E-state index is 5.31. The summed E-state index contributed by atoms with van der Waals surface area (Å²) < 4.78 is 7.33. The molecule has 0 amide bonds. The van der Waals surface area contributed by atoms with Crippen LogP contribution in [0.3, 0.4) is 0 Å². The lowest BCUT2D eigenvalue weighted by atomic mass is 10.3. The molecule has 0 spiro atoms. The maximum Gasteiger partial charge on any atom is 0.135 e. The summed E-state index contributed by atoms with van der Waals surface area (Å²) >= 11 is 7.05. The quantitative estimate of drug-likeness (QED) is 0.738. The molecule has 19 heavy (non-hydrogen) atoms. The lowest BCUT2D eigenvalue weighted by molar-refractivity contribution is 0.337. The zero-order valence-corrected chi connectivity index (χ0v) is 14.4. The van der Waals surface area contributed by atoms with Crippen molar-refractivity contribution in [3.8, 4) is 5.75 Å². The van der Waals surface area contributed by atoms with Gasteiger partial charge in [-0.3, -0.25) is 0 Å². The summed E-state index contributed by atoms with van der Waals surface area (Å²) in [5.41, 5.74) is 1.08. The highest BCUT2D eigenvalue weighted by Gasteiger charge is 2.11. The Morgan fingerprint density at radius 2 is 1.95 bits per heavy atom. The average Bonchev–Trinajstić information content (AvgIpc) is 2.90. The summed E-state index contributed by atoms with van der Waals surface area (Å²) in [5, 5.41) is 3.46. The van der Waals surface area contributed by atoms with Crippen molar-refractivity contribution >= 4 is 37.5 Å². The first-order valence-corrected chi connectivity index (χ1v) is 8.28. The van der Waals surface area contributed by atoms with E-state index in [2.05, 4.69) is 42.1 Å². The van der Waals surface area contributed by atoms with Crippen LogP contribution in [0.25, 0.3) is 0 Å². The molecule has 0 unspecified atom stereocenters. The van der Waals surface area contributed by atoms with Gasteiger partial charge in [0.05, 0.1) is 17.3 Å². The van der Waals surface area contributed by atoms with E-state index in [4.69, 9.17) is 4.74 Å². The largest absolute Gasteiger partial charge is 0.495 e. The van der Waals surface area contributed by atoms with Gasteiger partial charge in [0.15, 0.2) is 0 Å². The van der Waals surface area contributed by atoms with Crippen molar-refractivity contribution < 1.29 is 4.74 Å². The molecule has 1 N–H and O–H groups in total. The summed E-state index contributed by atoms with van der Waals surface area (Å²) in [6, 6.07) is 4.03. The molecular formula is C14H20Br2N2O. The Balaban J connectivity index is 1.81. The molecule has 0 saturated carbocycles. The van der Waals surface area contributed by atoms with E-state index in [-0.39, 0.29) is 0 Å². The van der Waals surface area contributed by atoms with Crippen molar-refractivity contribution in [2.75, 3.05) is 38.6 Å². The predicted octanol–water partition coefficient (Wildman–Crippen LogP) is 4.12. The summed E-state index contributed by atoms with van der Waals surface area (Å²) in [6.07, 6.45) is 3.90. The Kier molecular flexibility index (Phi) is 5.98. The number of anilines is 1. The molecule has 1 aromatic rings. The number of hydrogen-bond acceptors (Lipinski definition) is 3. The lowest BCUT2D eigenvalue weighted by Gasteiger charge is -2.15. The molecule has 1 saturated heterocycles. The van der Waals surface area contributed by atoms with Crippen LogP contribution in [-0.4, -0.2) is 38.2 Å². The first-order valence-electron chi connectivity index (χ1n) is 6.70. The van der Waals surface area contributed by atoms with Gasteiger partial charge in [0.2, 0.25) is 0 Å². The topological polar surface area (TPSA) is 24.5 Å². The zero-order chi connectivity index (χ0) is 13.7. The number of rotatable bonds is 6. The number of methoxy groups -OCH3 is 1. The molecule has 0 radical (unpaired) electrons. The molecule has 5 heteroatoms. The molecule has 0 aromatic heterocycles. The van der Waals surface area contributed by atoms with Gasteiger partial charge in [-0.1, -0.05) is 0 Å². The van der Waals surface area contributed by atoms with Crippen LogP contribution >= 0.6 is 31.9 Å². The molecule has 106 valence electrons. The second kappa shape index (κ2) is 7.50. The van der Waals surface area contributed by atoms with Gasteiger partial charge in [0.25, 0.3) is 0 Å². The molecule has 2 rings (SSSR count). The minimum absolute atomic E-state index is 0.852. The third-order valence-corrected chi connectivity index (χ3v) is 4.68. The fraction of sp³-hybridized carbons (Fsp3) is 0.571. The van der Waals surface area contributed by atoms with Crippen LogP contribution < -0.4 is 10.1 Å². The molecule has 1 heterocycles. The molecule has 1 aliphatic heterocycles. The van der Waals surface area contributed by atoms with Gasteiger partial charge in [0, 0.05) is 17.1 Å². The van der Waals surface area contributed by atoms with Crippen LogP contribution in [0.2, 0.25) is 0 Å². The van der Waals surface area contributed by atoms with E-state index in [9.17, 15) is 0 Å². The Hall–Kier alpha value is -0.260. The third-order valence-electron chi connectivity index (χ3n) is 3.41. The normalized spacial score (nSPS) is 15.7. The average molecular weight is 392 g/mol. The molecule has 1 aromatic carbocycles. The van der Waals surface area contributed by atoms with Gasteiger partial charge in [-0.05, 0) is 76.8 Å². The summed E-state index contributed by atoms with van der Waals surface area (Å²) in [7, 11) is 1.69. The Morgan fingerprint density at radius 1 is 1.21 bits per heavy atom. The summed E-state index contributed by atoms with van der Waals surface area (Å²) in [6.45, 7) is 4.73. The highest BCUT2D eigenvalue weighted by Crippen LogP contribution is 2.34. The Morgan fingerprint density at radius 3 is 2.63 bits per heavy atom. The molecule has 1 aliphatic rings. The van der Waals surface area contributed by atoms with Crippen molar-refractivity contribution in [1.29, 1.82) is 0 Å². The molecule has 0 atom stereocenters. The monoisotopic (exact) mass is 390 g/mol. The van der Waals surface area contributed by atoms with Crippen LogP contribution in [0, 0.1) is 0 Å².